The SMILES string of the molecule is CC(C)Oc1ccc(NC(=O)CC2(O)CCN(Cc3ccccc3)CC2)cc1. The second kappa shape index (κ2) is 9.22. The lowest BCUT2D eigenvalue weighted by molar-refractivity contribution is -0.123. The molecule has 1 aliphatic heterocycles. The van der Waals surface area contributed by atoms with Crippen LogP contribution in [0.15, 0.2) is 54.6 Å². The number of amides is 1. The third-order valence-electron chi connectivity index (χ3n) is 5.04. The summed E-state index contributed by atoms with van der Waals surface area (Å²) in [6.07, 6.45) is 1.45. The van der Waals surface area contributed by atoms with Crippen molar-refractivity contribution in [3.8, 4) is 5.75 Å². The molecule has 1 saturated heterocycles. The van der Waals surface area contributed by atoms with Crippen LogP contribution in [0.1, 0.15) is 38.7 Å². The van der Waals surface area contributed by atoms with Gasteiger partial charge in [0, 0.05) is 25.3 Å². The Labute approximate surface area is 167 Å². The van der Waals surface area contributed by atoms with Gasteiger partial charge in [-0.1, -0.05) is 30.3 Å². The van der Waals surface area contributed by atoms with Gasteiger partial charge in [0.1, 0.15) is 5.75 Å². The highest BCUT2D eigenvalue weighted by atomic mass is 16.5. The molecule has 2 aromatic carbocycles. The molecular weight excluding hydrogens is 352 g/mol. The number of benzene rings is 2. The van der Waals surface area contributed by atoms with E-state index in [1.54, 1.807) is 0 Å². The normalized spacial score (nSPS) is 16.7. The molecule has 5 heteroatoms. The number of nitrogens with one attached hydrogen (secondary N) is 1. The van der Waals surface area contributed by atoms with Gasteiger partial charge in [0.2, 0.25) is 5.91 Å². The minimum absolute atomic E-state index is 0.113. The van der Waals surface area contributed by atoms with E-state index >= 15 is 0 Å². The molecule has 0 spiro atoms. The Bertz CT molecular complexity index is 751. The molecule has 0 atom stereocenters. The van der Waals surface area contributed by atoms with Gasteiger partial charge in [-0.2, -0.15) is 0 Å². The molecule has 5 nitrogen and oxygen atoms in total. The first-order valence-electron chi connectivity index (χ1n) is 9.97. The summed E-state index contributed by atoms with van der Waals surface area (Å²) >= 11 is 0. The highest BCUT2D eigenvalue weighted by molar-refractivity contribution is 5.91. The Morgan fingerprint density at radius 1 is 1.11 bits per heavy atom. The average Bonchev–Trinajstić information content (AvgIpc) is 2.66. The Morgan fingerprint density at radius 3 is 2.36 bits per heavy atom. The summed E-state index contributed by atoms with van der Waals surface area (Å²) in [5.41, 5.74) is 1.06. The van der Waals surface area contributed by atoms with Crippen molar-refractivity contribution in [2.24, 2.45) is 0 Å². The quantitative estimate of drug-likeness (QED) is 0.764. The molecular formula is C23H30N2O3. The zero-order valence-corrected chi connectivity index (χ0v) is 16.7. The van der Waals surface area contributed by atoms with Gasteiger partial charge in [-0.15, -0.1) is 0 Å². The maximum atomic E-state index is 12.4. The monoisotopic (exact) mass is 382 g/mol. The van der Waals surface area contributed by atoms with Crippen LogP contribution in [0, 0.1) is 0 Å². The number of likely N-dealkylation sites (tertiary alicyclic amines) is 1. The number of ether oxygens (including phenoxy) is 1. The summed E-state index contributed by atoms with van der Waals surface area (Å²) in [7, 11) is 0. The first kappa shape index (κ1) is 20.4. The fourth-order valence-electron chi connectivity index (χ4n) is 3.54. The van der Waals surface area contributed by atoms with E-state index in [4.69, 9.17) is 4.74 Å². The van der Waals surface area contributed by atoms with Gasteiger partial charge in [0.15, 0.2) is 0 Å². The second-order valence-corrected chi connectivity index (χ2v) is 7.90. The summed E-state index contributed by atoms with van der Waals surface area (Å²) in [6.45, 7) is 6.41. The topological polar surface area (TPSA) is 61.8 Å². The van der Waals surface area contributed by atoms with E-state index in [0.29, 0.717) is 18.5 Å². The van der Waals surface area contributed by atoms with E-state index in [0.717, 1.165) is 25.4 Å². The molecule has 0 aliphatic carbocycles. The van der Waals surface area contributed by atoms with Gasteiger partial charge in [0.25, 0.3) is 0 Å². The van der Waals surface area contributed by atoms with E-state index in [-0.39, 0.29) is 18.4 Å². The molecule has 1 heterocycles. The summed E-state index contributed by atoms with van der Waals surface area (Å²) < 4.78 is 5.61. The molecule has 3 rings (SSSR count). The van der Waals surface area contributed by atoms with Crippen LogP contribution in [-0.2, 0) is 11.3 Å². The lowest BCUT2D eigenvalue weighted by Gasteiger charge is -2.37. The maximum Gasteiger partial charge on any atom is 0.227 e. The van der Waals surface area contributed by atoms with Crippen molar-refractivity contribution in [2.75, 3.05) is 18.4 Å². The number of carbonyl (C=O) groups is 1. The van der Waals surface area contributed by atoms with Crippen LogP contribution in [0.5, 0.6) is 5.75 Å². The molecule has 0 aromatic heterocycles. The minimum Gasteiger partial charge on any atom is -0.491 e. The summed E-state index contributed by atoms with van der Waals surface area (Å²) in [4.78, 5) is 14.7. The molecule has 0 unspecified atom stereocenters. The van der Waals surface area contributed by atoms with E-state index < -0.39 is 5.60 Å². The van der Waals surface area contributed by atoms with Gasteiger partial charge in [-0.25, -0.2) is 0 Å². The predicted molar refractivity (Wildman–Crippen MR) is 111 cm³/mol. The van der Waals surface area contributed by atoms with Gasteiger partial charge >= 0.3 is 0 Å². The Kier molecular flexibility index (Phi) is 6.70. The van der Waals surface area contributed by atoms with E-state index in [2.05, 4.69) is 22.3 Å². The van der Waals surface area contributed by atoms with Gasteiger partial charge in [0.05, 0.1) is 18.1 Å². The van der Waals surface area contributed by atoms with Crippen molar-refractivity contribution in [3.05, 3.63) is 60.2 Å². The van der Waals surface area contributed by atoms with Crippen molar-refractivity contribution < 1.29 is 14.6 Å². The van der Waals surface area contributed by atoms with Crippen molar-refractivity contribution in [1.82, 2.24) is 4.90 Å². The molecule has 1 amide bonds. The summed E-state index contributed by atoms with van der Waals surface area (Å²) in [6, 6.07) is 17.7. The number of aliphatic hydroxyl groups is 1. The van der Waals surface area contributed by atoms with Gasteiger partial charge in [-0.3, -0.25) is 9.69 Å². The van der Waals surface area contributed by atoms with Crippen LogP contribution in [0.25, 0.3) is 0 Å². The summed E-state index contributed by atoms with van der Waals surface area (Å²) in [5, 5.41) is 13.7. The Hall–Kier alpha value is -2.37. The third kappa shape index (κ3) is 6.08. The van der Waals surface area contributed by atoms with Gasteiger partial charge < -0.3 is 15.2 Å². The van der Waals surface area contributed by atoms with Crippen molar-refractivity contribution >= 4 is 11.6 Å². The smallest absolute Gasteiger partial charge is 0.227 e. The fourth-order valence-corrected chi connectivity index (χ4v) is 3.54. The number of rotatable bonds is 7. The molecule has 0 radical (unpaired) electrons. The highest BCUT2D eigenvalue weighted by Gasteiger charge is 2.34. The highest BCUT2D eigenvalue weighted by Crippen LogP contribution is 2.27. The molecule has 1 fully saturated rings. The molecule has 150 valence electrons. The molecule has 0 bridgehead atoms. The van der Waals surface area contributed by atoms with Crippen LogP contribution in [-0.4, -0.2) is 40.7 Å². The standard InChI is InChI=1S/C23H30N2O3/c1-18(2)28-21-10-8-20(9-11-21)24-22(26)16-23(27)12-14-25(15-13-23)17-19-6-4-3-5-7-19/h3-11,18,27H,12-17H2,1-2H3,(H,24,26). The Balaban J connectivity index is 1.46. The summed E-state index contributed by atoms with van der Waals surface area (Å²) in [5.74, 6) is 0.619. The maximum absolute atomic E-state index is 12.4. The van der Waals surface area contributed by atoms with Crippen LogP contribution in [0.2, 0.25) is 0 Å². The number of anilines is 1. The fraction of sp³-hybridized carbons (Fsp3) is 0.435. The molecule has 0 saturated carbocycles. The van der Waals surface area contributed by atoms with Crippen LogP contribution >= 0.6 is 0 Å². The molecule has 28 heavy (non-hydrogen) atoms. The number of hydrogen-bond donors (Lipinski definition) is 2. The third-order valence-corrected chi connectivity index (χ3v) is 5.04. The Morgan fingerprint density at radius 2 is 1.75 bits per heavy atom. The average molecular weight is 383 g/mol. The zero-order valence-electron chi connectivity index (χ0n) is 16.7. The van der Waals surface area contributed by atoms with Crippen molar-refractivity contribution in [1.29, 1.82) is 0 Å². The van der Waals surface area contributed by atoms with Crippen LogP contribution in [0.4, 0.5) is 5.69 Å². The number of nitrogens with zero attached hydrogens (tertiary/aromatic N) is 1. The zero-order chi connectivity index (χ0) is 20.0. The van der Waals surface area contributed by atoms with Crippen molar-refractivity contribution in [2.45, 2.75) is 51.4 Å². The first-order chi connectivity index (χ1) is 13.4. The van der Waals surface area contributed by atoms with Crippen molar-refractivity contribution in [3.63, 3.8) is 0 Å². The van der Waals surface area contributed by atoms with Crippen LogP contribution in [0.3, 0.4) is 0 Å². The van der Waals surface area contributed by atoms with E-state index in [9.17, 15) is 9.90 Å². The van der Waals surface area contributed by atoms with E-state index in [1.807, 2.05) is 56.3 Å². The predicted octanol–water partition coefficient (Wildman–Crippen LogP) is 3.83. The largest absolute Gasteiger partial charge is 0.491 e. The first-order valence-corrected chi connectivity index (χ1v) is 9.97. The van der Waals surface area contributed by atoms with E-state index in [1.165, 1.54) is 5.56 Å². The van der Waals surface area contributed by atoms with Gasteiger partial charge in [-0.05, 0) is 56.5 Å². The number of hydrogen-bond acceptors (Lipinski definition) is 4. The number of piperidine rings is 1. The molecule has 1 aliphatic rings. The lowest BCUT2D eigenvalue weighted by atomic mass is 9.87. The molecule has 2 N–H and O–H groups in total. The minimum atomic E-state index is -0.933. The van der Waals surface area contributed by atoms with Crippen LogP contribution < -0.4 is 10.1 Å². The molecule has 2 aromatic rings. The lowest BCUT2D eigenvalue weighted by Crippen LogP contribution is -2.45. The number of carbonyl (C=O) groups excluding carboxylic acids is 1. The second-order valence-electron chi connectivity index (χ2n) is 7.90.